The lowest BCUT2D eigenvalue weighted by atomic mass is 10.1. The number of carbonyl (C=O) groups excluding carboxylic acids is 1. The van der Waals surface area contributed by atoms with Crippen LogP contribution in [0.2, 0.25) is 0 Å². The predicted octanol–water partition coefficient (Wildman–Crippen LogP) is 3.67. The van der Waals surface area contributed by atoms with E-state index in [1.54, 1.807) is 12.1 Å². The number of anilines is 1. The number of ether oxygens (including phenoxy) is 2. The number of hydrogen-bond donors (Lipinski definition) is 1. The number of para-hydroxylation sites is 1. The molecular formula is C18H21NO3. The number of rotatable bonds is 7. The van der Waals surface area contributed by atoms with E-state index in [1.165, 1.54) is 0 Å². The minimum Gasteiger partial charge on any atom is -0.494 e. The van der Waals surface area contributed by atoms with Crippen LogP contribution in [0.15, 0.2) is 48.5 Å². The molecule has 0 saturated carbocycles. The van der Waals surface area contributed by atoms with Crippen LogP contribution in [0.4, 0.5) is 5.69 Å². The maximum atomic E-state index is 12.0. The summed E-state index contributed by atoms with van der Waals surface area (Å²) in [5, 5.41) is 2.87. The zero-order valence-corrected chi connectivity index (χ0v) is 13.0. The minimum absolute atomic E-state index is 0.0218. The second kappa shape index (κ2) is 8.08. The molecule has 0 atom stereocenters. The zero-order valence-electron chi connectivity index (χ0n) is 13.0. The third-order valence-corrected chi connectivity index (χ3v) is 3.18. The smallest absolute Gasteiger partial charge is 0.262 e. The normalized spacial score (nSPS) is 10.1. The summed E-state index contributed by atoms with van der Waals surface area (Å²) in [4.78, 5) is 12.0. The van der Waals surface area contributed by atoms with Crippen LogP contribution < -0.4 is 14.8 Å². The van der Waals surface area contributed by atoms with Gasteiger partial charge in [-0.2, -0.15) is 0 Å². The van der Waals surface area contributed by atoms with Gasteiger partial charge in [0.1, 0.15) is 11.5 Å². The lowest BCUT2D eigenvalue weighted by molar-refractivity contribution is -0.118. The molecule has 0 heterocycles. The Bertz CT molecular complexity index is 608. The molecule has 2 aromatic carbocycles. The van der Waals surface area contributed by atoms with Gasteiger partial charge in [-0.3, -0.25) is 4.79 Å². The Kier molecular flexibility index (Phi) is 5.83. The lowest BCUT2D eigenvalue weighted by Crippen LogP contribution is -2.20. The molecule has 1 N–H and O–H groups in total. The van der Waals surface area contributed by atoms with Crippen molar-refractivity contribution in [2.75, 3.05) is 18.5 Å². The van der Waals surface area contributed by atoms with E-state index in [1.807, 2.05) is 43.3 Å². The van der Waals surface area contributed by atoms with Crippen molar-refractivity contribution >= 4 is 11.6 Å². The lowest BCUT2D eigenvalue weighted by Gasteiger charge is -2.11. The van der Waals surface area contributed by atoms with Crippen molar-refractivity contribution in [1.29, 1.82) is 0 Å². The Hall–Kier alpha value is -2.49. The van der Waals surface area contributed by atoms with Crippen molar-refractivity contribution in [3.05, 3.63) is 54.1 Å². The molecule has 4 nitrogen and oxygen atoms in total. The first kappa shape index (κ1) is 15.9. The molecule has 0 bridgehead atoms. The van der Waals surface area contributed by atoms with E-state index in [0.29, 0.717) is 12.4 Å². The topological polar surface area (TPSA) is 47.6 Å². The number of amides is 1. The largest absolute Gasteiger partial charge is 0.494 e. The Morgan fingerprint density at radius 1 is 0.955 bits per heavy atom. The molecule has 2 rings (SSSR count). The fourth-order valence-electron chi connectivity index (χ4n) is 2.08. The molecule has 0 aliphatic carbocycles. The summed E-state index contributed by atoms with van der Waals surface area (Å²) in [5.74, 6) is 1.26. The fourth-order valence-corrected chi connectivity index (χ4v) is 2.08. The van der Waals surface area contributed by atoms with E-state index in [2.05, 4.69) is 12.2 Å². The predicted molar refractivity (Wildman–Crippen MR) is 87.6 cm³/mol. The van der Waals surface area contributed by atoms with Crippen LogP contribution in [-0.4, -0.2) is 19.1 Å². The first-order valence-electron chi connectivity index (χ1n) is 7.46. The van der Waals surface area contributed by atoms with Crippen molar-refractivity contribution in [1.82, 2.24) is 0 Å². The van der Waals surface area contributed by atoms with Gasteiger partial charge in [0.15, 0.2) is 6.61 Å². The first-order chi connectivity index (χ1) is 10.7. The van der Waals surface area contributed by atoms with E-state index >= 15 is 0 Å². The summed E-state index contributed by atoms with van der Waals surface area (Å²) in [7, 11) is 0. The summed E-state index contributed by atoms with van der Waals surface area (Å²) in [6, 6.07) is 15.0. The van der Waals surface area contributed by atoms with Crippen molar-refractivity contribution in [3.8, 4) is 11.5 Å². The number of benzene rings is 2. The van der Waals surface area contributed by atoms with Gasteiger partial charge >= 0.3 is 0 Å². The summed E-state index contributed by atoms with van der Waals surface area (Å²) < 4.78 is 10.8. The molecule has 0 aliphatic rings. The number of carbonyl (C=O) groups is 1. The van der Waals surface area contributed by atoms with Gasteiger partial charge < -0.3 is 14.8 Å². The van der Waals surface area contributed by atoms with Crippen LogP contribution in [0.5, 0.6) is 11.5 Å². The van der Waals surface area contributed by atoms with Crippen molar-refractivity contribution in [2.24, 2.45) is 0 Å². The van der Waals surface area contributed by atoms with Gasteiger partial charge in [0.25, 0.3) is 5.91 Å². The van der Waals surface area contributed by atoms with Gasteiger partial charge in [0.2, 0.25) is 0 Å². The molecule has 2 aromatic rings. The highest BCUT2D eigenvalue weighted by molar-refractivity contribution is 5.92. The van der Waals surface area contributed by atoms with Gasteiger partial charge in [-0.1, -0.05) is 25.1 Å². The molecule has 22 heavy (non-hydrogen) atoms. The summed E-state index contributed by atoms with van der Waals surface area (Å²) in [6.45, 7) is 4.59. The van der Waals surface area contributed by atoms with Crippen LogP contribution >= 0.6 is 0 Å². The van der Waals surface area contributed by atoms with Gasteiger partial charge in [-0.25, -0.2) is 0 Å². The highest BCUT2D eigenvalue weighted by Crippen LogP contribution is 2.18. The molecule has 0 unspecified atom stereocenters. The highest BCUT2D eigenvalue weighted by atomic mass is 16.5. The number of hydrogen-bond acceptors (Lipinski definition) is 3. The highest BCUT2D eigenvalue weighted by Gasteiger charge is 2.06. The third-order valence-electron chi connectivity index (χ3n) is 3.18. The number of aryl methyl sites for hydroxylation is 1. The Morgan fingerprint density at radius 3 is 2.23 bits per heavy atom. The van der Waals surface area contributed by atoms with Crippen molar-refractivity contribution in [3.63, 3.8) is 0 Å². The van der Waals surface area contributed by atoms with E-state index in [-0.39, 0.29) is 12.5 Å². The molecule has 0 spiro atoms. The third kappa shape index (κ3) is 4.52. The van der Waals surface area contributed by atoms with Crippen molar-refractivity contribution in [2.45, 2.75) is 20.3 Å². The molecule has 0 radical (unpaired) electrons. The van der Waals surface area contributed by atoms with Crippen LogP contribution in [-0.2, 0) is 11.2 Å². The second-order valence-electron chi connectivity index (χ2n) is 4.75. The molecule has 116 valence electrons. The molecule has 0 saturated heterocycles. The average Bonchev–Trinajstić information content (AvgIpc) is 2.55. The van der Waals surface area contributed by atoms with E-state index in [4.69, 9.17) is 9.47 Å². The van der Waals surface area contributed by atoms with E-state index in [0.717, 1.165) is 23.4 Å². The molecule has 0 aliphatic heterocycles. The average molecular weight is 299 g/mol. The summed E-state index contributed by atoms with van der Waals surface area (Å²) >= 11 is 0. The fraction of sp³-hybridized carbons (Fsp3) is 0.278. The second-order valence-corrected chi connectivity index (χ2v) is 4.75. The molecule has 0 aromatic heterocycles. The molecule has 1 amide bonds. The first-order valence-corrected chi connectivity index (χ1v) is 7.46. The Balaban J connectivity index is 1.87. The van der Waals surface area contributed by atoms with Gasteiger partial charge in [0, 0.05) is 5.69 Å². The SMILES string of the molecule is CCOc1ccc(OCC(=O)Nc2ccccc2CC)cc1. The quantitative estimate of drug-likeness (QED) is 0.848. The standard InChI is InChI=1S/C18H21NO3/c1-3-14-7-5-6-8-17(14)19-18(20)13-22-16-11-9-15(10-12-16)21-4-2/h5-12H,3-4,13H2,1-2H3,(H,19,20). The Morgan fingerprint density at radius 2 is 1.59 bits per heavy atom. The van der Waals surface area contributed by atoms with Crippen molar-refractivity contribution < 1.29 is 14.3 Å². The van der Waals surface area contributed by atoms with Crippen LogP contribution in [0.1, 0.15) is 19.4 Å². The van der Waals surface area contributed by atoms with Gasteiger partial charge in [-0.05, 0) is 49.2 Å². The van der Waals surface area contributed by atoms with Gasteiger partial charge in [-0.15, -0.1) is 0 Å². The van der Waals surface area contributed by atoms with Crippen LogP contribution in [0.3, 0.4) is 0 Å². The minimum atomic E-state index is -0.171. The zero-order chi connectivity index (χ0) is 15.8. The van der Waals surface area contributed by atoms with E-state index < -0.39 is 0 Å². The van der Waals surface area contributed by atoms with Crippen LogP contribution in [0.25, 0.3) is 0 Å². The maximum absolute atomic E-state index is 12.0. The van der Waals surface area contributed by atoms with Crippen LogP contribution in [0, 0.1) is 0 Å². The van der Waals surface area contributed by atoms with E-state index in [9.17, 15) is 4.79 Å². The Labute approximate surface area is 131 Å². The molecule has 4 heteroatoms. The number of nitrogens with one attached hydrogen (secondary N) is 1. The molecular weight excluding hydrogens is 278 g/mol. The molecule has 0 fully saturated rings. The monoisotopic (exact) mass is 299 g/mol. The van der Waals surface area contributed by atoms with Gasteiger partial charge in [0.05, 0.1) is 6.61 Å². The summed E-state index contributed by atoms with van der Waals surface area (Å²) in [5.41, 5.74) is 1.95. The maximum Gasteiger partial charge on any atom is 0.262 e. The summed E-state index contributed by atoms with van der Waals surface area (Å²) in [6.07, 6.45) is 0.871.